The number of rotatable bonds is 4. The van der Waals surface area contributed by atoms with Crippen molar-refractivity contribution in [2.45, 2.75) is 19.3 Å². The van der Waals surface area contributed by atoms with Crippen LogP contribution in [0.3, 0.4) is 0 Å². The maximum Gasteiger partial charge on any atom is 0.0548 e. The van der Waals surface area contributed by atoms with Crippen LogP contribution in [0, 0.1) is 12.3 Å². The second-order valence-electron chi connectivity index (χ2n) is 4.26. The van der Waals surface area contributed by atoms with Gasteiger partial charge in [-0.25, -0.2) is 0 Å². The van der Waals surface area contributed by atoms with Gasteiger partial charge in [-0.3, -0.25) is 0 Å². The molecule has 1 aliphatic heterocycles. The van der Waals surface area contributed by atoms with Crippen LogP contribution >= 0.6 is 0 Å². The van der Waals surface area contributed by atoms with Gasteiger partial charge >= 0.3 is 0 Å². The van der Waals surface area contributed by atoms with E-state index in [0.717, 1.165) is 26.1 Å². The molecule has 1 nitrogen and oxygen atoms in total. The molecule has 75 valence electrons. The summed E-state index contributed by atoms with van der Waals surface area (Å²) in [5, 5.41) is 0. The molecule has 1 aromatic rings. The van der Waals surface area contributed by atoms with Crippen LogP contribution in [0.1, 0.15) is 18.4 Å². The highest BCUT2D eigenvalue weighted by Gasteiger charge is 2.37. The summed E-state index contributed by atoms with van der Waals surface area (Å²) >= 11 is 0. The highest BCUT2D eigenvalue weighted by atomic mass is 16.5. The maximum absolute atomic E-state index is 5.34. The lowest BCUT2D eigenvalue weighted by molar-refractivity contribution is -0.116. The number of hydrogen-bond acceptors (Lipinski definition) is 1. The van der Waals surface area contributed by atoms with E-state index in [4.69, 9.17) is 4.74 Å². The first-order valence-electron chi connectivity index (χ1n) is 5.26. The van der Waals surface area contributed by atoms with Crippen molar-refractivity contribution < 1.29 is 4.74 Å². The van der Waals surface area contributed by atoms with Crippen molar-refractivity contribution in [3.8, 4) is 0 Å². The largest absolute Gasteiger partial charge is 0.380 e. The molecule has 2 rings (SSSR count). The van der Waals surface area contributed by atoms with Crippen LogP contribution in [-0.2, 0) is 11.2 Å². The lowest BCUT2D eigenvalue weighted by atomic mass is 9.76. The van der Waals surface area contributed by atoms with Crippen LogP contribution in [-0.4, -0.2) is 13.2 Å². The summed E-state index contributed by atoms with van der Waals surface area (Å²) < 4.78 is 5.34. The van der Waals surface area contributed by atoms with E-state index >= 15 is 0 Å². The minimum absolute atomic E-state index is 0.392. The number of benzene rings is 1. The van der Waals surface area contributed by atoms with Crippen molar-refractivity contribution in [2.24, 2.45) is 5.41 Å². The average molecular weight is 189 g/mol. The Balaban J connectivity index is 2.01. The molecule has 0 bridgehead atoms. The fraction of sp³-hybridized carbons (Fsp3) is 0.462. The minimum atomic E-state index is 0.392. The highest BCUT2D eigenvalue weighted by Crippen LogP contribution is 2.36. The Morgan fingerprint density at radius 1 is 1.21 bits per heavy atom. The van der Waals surface area contributed by atoms with Gasteiger partial charge in [0, 0.05) is 5.41 Å². The first-order valence-corrected chi connectivity index (χ1v) is 5.26. The summed E-state index contributed by atoms with van der Waals surface area (Å²) in [7, 11) is 0. The van der Waals surface area contributed by atoms with E-state index in [1.807, 2.05) is 0 Å². The Bertz CT molecular complexity index is 275. The third-order valence-corrected chi connectivity index (χ3v) is 2.95. The van der Waals surface area contributed by atoms with Gasteiger partial charge in [-0.15, -0.1) is 0 Å². The molecule has 0 aromatic heterocycles. The van der Waals surface area contributed by atoms with E-state index in [2.05, 4.69) is 37.3 Å². The number of ether oxygens (including phenoxy) is 1. The van der Waals surface area contributed by atoms with Crippen molar-refractivity contribution in [3.63, 3.8) is 0 Å². The smallest absolute Gasteiger partial charge is 0.0548 e. The van der Waals surface area contributed by atoms with Crippen molar-refractivity contribution >= 4 is 0 Å². The summed E-state index contributed by atoms with van der Waals surface area (Å²) in [6, 6.07) is 10.7. The lowest BCUT2D eigenvalue weighted by Gasteiger charge is -2.41. The van der Waals surface area contributed by atoms with E-state index in [-0.39, 0.29) is 0 Å². The Kier molecular flexibility index (Phi) is 2.87. The number of hydrogen-bond donors (Lipinski definition) is 0. The monoisotopic (exact) mass is 189 g/mol. The molecular formula is C13H17O. The van der Waals surface area contributed by atoms with Gasteiger partial charge in [-0.2, -0.15) is 0 Å². The molecule has 0 N–H and O–H groups in total. The standard InChI is InChI=1S/C13H17O/c1-2-8-13(10-14-11-13)9-12-6-4-3-5-7-12/h3-7H,1-2,8-11H2. The van der Waals surface area contributed by atoms with Gasteiger partial charge < -0.3 is 4.74 Å². The summed E-state index contributed by atoms with van der Waals surface area (Å²) in [6.45, 7) is 5.77. The third-order valence-electron chi connectivity index (χ3n) is 2.95. The molecule has 0 saturated carbocycles. The van der Waals surface area contributed by atoms with Gasteiger partial charge in [0.05, 0.1) is 13.2 Å². The van der Waals surface area contributed by atoms with Crippen molar-refractivity contribution in [1.29, 1.82) is 0 Å². The predicted molar refractivity (Wildman–Crippen MR) is 58.0 cm³/mol. The van der Waals surface area contributed by atoms with E-state index in [1.54, 1.807) is 0 Å². The minimum Gasteiger partial charge on any atom is -0.380 e. The summed E-state index contributed by atoms with van der Waals surface area (Å²) in [4.78, 5) is 0. The van der Waals surface area contributed by atoms with Gasteiger partial charge in [0.1, 0.15) is 0 Å². The predicted octanol–water partition coefficient (Wildman–Crippen LogP) is 2.86. The fourth-order valence-electron chi connectivity index (χ4n) is 2.13. The Labute approximate surface area is 86.1 Å². The molecular weight excluding hydrogens is 172 g/mol. The Morgan fingerprint density at radius 3 is 2.43 bits per heavy atom. The van der Waals surface area contributed by atoms with Crippen molar-refractivity contribution in [3.05, 3.63) is 42.8 Å². The second kappa shape index (κ2) is 4.14. The zero-order valence-corrected chi connectivity index (χ0v) is 8.54. The van der Waals surface area contributed by atoms with Crippen LogP contribution in [0.4, 0.5) is 0 Å². The molecule has 0 spiro atoms. The Morgan fingerprint density at radius 2 is 1.93 bits per heavy atom. The molecule has 14 heavy (non-hydrogen) atoms. The van der Waals surface area contributed by atoms with E-state index < -0.39 is 0 Å². The SMILES string of the molecule is [CH2]CCC1(Cc2ccccc2)COC1. The van der Waals surface area contributed by atoms with Crippen LogP contribution in [0.25, 0.3) is 0 Å². The third kappa shape index (κ3) is 1.98. The molecule has 1 radical (unpaired) electrons. The van der Waals surface area contributed by atoms with Crippen LogP contribution in [0.15, 0.2) is 30.3 Å². The first kappa shape index (κ1) is 9.72. The van der Waals surface area contributed by atoms with Crippen molar-refractivity contribution in [2.75, 3.05) is 13.2 Å². The summed E-state index contributed by atoms with van der Waals surface area (Å²) in [6.07, 6.45) is 3.33. The molecule has 1 aliphatic rings. The molecule has 1 aromatic carbocycles. The van der Waals surface area contributed by atoms with Crippen molar-refractivity contribution in [1.82, 2.24) is 0 Å². The molecule has 0 unspecified atom stereocenters. The quantitative estimate of drug-likeness (QED) is 0.707. The molecule has 0 amide bonds. The molecule has 0 aliphatic carbocycles. The van der Waals surface area contributed by atoms with Gasteiger partial charge in [0.2, 0.25) is 0 Å². The zero-order chi connectivity index (χ0) is 9.86. The zero-order valence-electron chi connectivity index (χ0n) is 8.54. The molecule has 1 fully saturated rings. The van der Waals surface area contributed by atoms with Crippen LogP contribution in [0.2, 0.25) is 0 Å². The summed E-state index contributed by atoms with van der Waals surface area (Å²) in [5.41, 5.74) is 1.81. The van der Waals surface area contributed by atoms with Gasteiger partial charge in [0.15, 0.2) is 0 Å². The molecule has 1 heterocycles. The van der Waals surface area contributed by atoms with Gasteiger partial charge in [0.25, 0.3) is 0 Å². The normalized spacial score (nSPS) is 18.9. The van der Waals surface area contributed by atoms with E-state index in [9.17, 15) is 0 Å². The highest BCUT2D eigenvalue weighted by molar-refractivity contribution is 5.17. The fourth-order valence-corrected chi connectivity index (χ4v) is 2.13. The topological polar surface area (TPSA) is 9.23 Å². The second-order valence-corrected chi connectivity index (χ2v) is 4.26. The first-order chi connectivity index (χ1) is 6.85. The van der Waals surface area contributed by atoms with E-state index in [1.165, 1.54) is 12.0 Å². The summed E-state index contributed by atoms with van der Waals surface area (Å²) in [5.74, 6) is 0. The lowest BCUT2D eigenvalue weighted by Crippen LogP contribution is -2.44. The van der Waals surface area contributed by atoms with Gasteiger partial charge in [-0.05, 0) is 18.4 Å². The average Bonchev–Trinajstić information content (AvgIpc) is 2.16. The Hall–Kier alpha value is -0.820. The molecule has 0 atom stereocenters. The van der Waals surface area contributed by atoms with Crippen LogP contribution in [0.5, 0.6) is 0 Å². The van der Waals surface area contributed by atoms with E-state index in [0.29, 0.717) is 5.41 Å². The molecule has 1 saturated heterocycles. The van der Waals surface area contributed by atoms with Crippen LogP contribution < -0.4 is 0 Å². The molecule has 1 heteroatoms. The van der Waals surface area contributed by atoms with Gasteiger partial charge in [-0.1, -0.05) is 43.7 Å². The maximum atomic E-state index is 5.34.